The highest BCUT2D eigenvalue weighted by Gasteiger charge is 2.28. The first-order valence-corrected chi connectivity index (χ1v) is 7.54. The Bertz CT molecular complexity index is 553. The number of aliphatic hydroxyl groups is 1. The van der Waals surface area contributed by atoms with Crippen LogP contribution in [0.4, 0.5) is 5.82 Å². The van der Waals surface area contributed by atoms with Gasteiger partial charge in [-0.3, -0.25) is 0 Å². The Morgan fingerprint density at radius 2 is 2.19 bits per heavy atom. The van der Waals surface area contributed by atoms with Crippen LogP contribution in [0.1, 0.15) is 44.6 Å². The molecular weight excluding hydrogens is 268 g/mol. The number of hydrogen-bond acceptors (Lipinski definition) is 6. The Kier molecular flexibility index (Phi) is 3.93. The van der Waals surface area contributed by atoms with E-state index in [1.54, 1.807) is 0 Å². The molecule has 6 heteroatoms. The van der Waals surface area contributed by atoms with E-state index in [9.17, 15) is 5.11 Å². The van der Waals surface area contributed by atoms with Crippen molar-refractivity contribution >= 4 is 5.82 Å². The molecule has 1 heterocycles. The van der Waals surface area contributed by atoms with Gasteiger partial charge < -0.3 is 15.2 Å². The third kappa shape index (κ3) is 3.42. The van der Waals surface area contributed by atoms with E-state index in [4.69, 9.17) is 10.00 Å². The minimum atomic E-state index is -0.300. The zero-order chi connectivity index (χ0) is 14.8. The minimum Gasteiger partial charge on any atom is -0.460 e. The second kappa shape index (κ2) is 5.86. The third-order valence-electron chi connectivity index (χ3n) is 4.18. The van der Waals surface area contributed by atoms with E-state index < -0.39 is 0 Å². The van der Waals surface area contributed by atoms with Crippen LogP contribution in [0.15, 0.2) is 6.20 Å². The molecule has 1 aromatic heterocycles. The maximum absolute atomic E-state index is 9.97. The summed E-state index contributed by atoms with van der Waals surface area (Å²) in [4.78, 5) is 8.38. The molecule has 3 atom stereocenters. The molecule has 1 aromatic rings. The SMILES string of the molecule is C[C@@H]1CC[C@@H](Nc2nc(OC3CC3)ncc2C#N)C[C@H]1O. The Balaban J connectivity index is 1.72. The molecular formula is C15H20N4O2. The van der Waals surface area contributed by atoms with Crippen molar-refractivity contribution in [3.63, 3.8) is 0 Å². The van der Waals surface area contributed by atoms with Crippen LogP contribution in [0, 0.1) is 17.2 Å². The van der Waals surface area contributed by atoms with Gasteiger partial charge in [0.25, 0.3) is 0 Å². The van der Waals surface area contributed by atoms with E-state index in [0.29, 0.717) is 29.7 Å². The minimum absolute atomic E-state index is 0.131. The monoisotopic (exact) mass is 288 g/mol. The molecule has 21 heavy (non-hydrogen) atoms. The van der Waals surface area contributed by atoms with Gasteiger partial charge in [0.2, 0.25) is 0 Å². The molecule has 0 bridgehead atoms. The van der Waals surface area contributed by atoms with E-state index in [-0.39, 0.29) is 18.2 Å². The van der Waals surface area contributed by atoms with Gasteiger partial charge in [-0.1, -0.05) is 6.92 Å². The molecule has 2 fully saturated rings. The predicted molar refractivity (Wildman–Crippen MR) is 76.8 cm³/mol. The largest absolute Gasteiger partial charge is 0.460 e. The van der Waals surface area contributed by atoms with Crippen LogP contribution in [-0.4, -0.2) is 33.3 Å². The fourth-order valence-corrected chi connectivity index (χ4v) is 2.57. The maximum Gasteiger partial charge on any atom is 0.318 e. The first-order valence-electron chi connectivity index (χ1n) is 7.54. The fraction of sp³-hybridized carbons (Fsp3) is 0.667. The van der Waals surface area contributed by atoms with E-state index in [0.717, 1.165) is 25.7 Å². The number of aliphatic hydroxyl groups excluding tert-OH is 1. The van der Waals surface area contributed by atoms with Crippen molar-refractivity contribution in [3.8, 4) is 12.1 Å². The van der Waals surface area contributed by atoms with Crippen LogP contribution in [0.2, 0.25) is 0 Å². The maximum atomic E-state index is 9.97. The first kappa shape index (κ1) is 14.1. The van der Waals surface area contributed by atoms with Crippen molar-refractivity contribution in [1.29, 1.82) is 5.26 Å². The van der Waals surface area contributed by atoms with Gasteiger partial charge in [0.15, 0.2) is 5.82 Å². The number of nitriles is 1. The Morgan fingerprint density at radius 1 is 1.38 bits per heavy atom. The highest BCUT2D eigenvalue weighted by molar-refractivity contribution is 5.51. The molecule has 0 unspecified atom stereocenters. The van der Waals surface area contributed by atoms with Gasteiger partial charge in [0, 0.05) is 6.04 Å². The van der Waals surface area contributed by atoms with Crippen LogP contribution in [0.5, 0.6) is 6.01 Å². The van der Waals surface area contributed by atoms with Gasteiger partial charge >= 0.3 is 6.01 Å². The summed E-state index contributed by atoms with van der Waals surface area (Å²) in [5.74, 6) is 0.840. The number of hydrogen-bond donors (Lipinski definition) is 2. The molecule has 3 rings (SSSR count). The lowest BCUT2D eigenvalue weighted by Gasteiger charge is -2.31. The number of nitrogens with one attached hydrogen (secondary N) is 1. The van der Waals surface area contributed by atoms with E-state index in [1.165, 1.54) is 6.20 Å². The quantitative estimate of drug-likeness (QED) is 0.878. The van der Waals surface area contributed by atoms with Crippen molar-refractivity contribution in [1.82, 2.24) is 9.97 Å². The zero-order valence-electron chi connectivity index (χ0n) is 12.1. The lowest BCUT2D eigenvalue weighted by molar-refractivity contribution is 0.0739. The number of ether oxygens (including phenoxy) is 1. The number of aromatic nitrogens is 2. The highest BCUT2D eigenvalue weighted by Crippen LogP contribution is 2.28. The molecule has 0 saturated heterocycles. The molecule has 2 aliphatic rings. The standard InChI is InChI=1S/C15H20N4O2/c1-9-2-3-11(6-13(9)20)18-14-10(7-16)8-17-15(19-14)21-12-4-5-12/h8-9,11-13,20H,2-6H2,1H3,(H,17,18,19)/t9-,11-,13-/m1/s1. The van der Waals surface area contributed by atoms with Crippen LogP contribution in [-0.2, 0) is 0 Å². The molecule has 0 aromatic carbocycles. The Labute approximate surface area is 124 Å². The summed E-state index contributed by atoms with van der Waals surface area (Å²) < 4.78 is 5.57. The lowest BCUT2D eigenvalue weighted by Crippen LogP contribution is -2.35. The Morgan fingerprint density at radius 3 is 2.86 bits per heavy atom. The predicted octanol–water partition coefficient (Wildman–Crippen LogP) is 1.85. The smallest absolute Gasteiger partial charge is 0.318 e. The summed E-state index contributed by atoms with van der Waals surface area (Å²) in [5.41, 5.74) is 0.409. The molecule has 0 aliphatic heterocycles. The lowest BCUT2D eigenvalue weighted by atomic mass is 9.85. The van der Waals surface area contributed by atoms with E-state index in [2.05, 4.69) is 28.3 Å². The van der Waals surface area contributed by atoms with Crippen LogP contribution >= 0.6 is 0 Å². The highest BCUT2D eigenvalue weighted by atomic mass is 16.5. The van der Waals surface area contributed by atoms with E-state index in [1.807, 2.05) is 0 Å². The normalized spacial score (nSPS) is 28.7. The summed E-state index contributed by atoms with van der Waals surface area (Å²) >= 11 is 0. The number of nitrogens with zero attached hydrogens (tertiary/aromatic N) is 3. The second-order valence-corrected chi connectivity index (χ2v) is 6.04. The van der Waals surface area contributed by atoms with Crippen LogP contribution in [0.25, 0.3) is 0 Å². The van der Waals surface area contributed by atoms with E-state index >= 15 is 0 Å². The van der Waals surface area contributed by atoms with Crippen molar-refractivity contribution in [2.24, 2.45) is 5.92 Å². The number of rotatable bonds is 4. The van der Waals surface area contributed by atoms with Gasteiger partial charge in [-0.15, -0.1) is 0 Å². The molecule has 6 nitrogen and oxygen atoms in total. The van der Waals surface area contributed by atoms with Crippen molar-refractivity contribution in [2.75, 3.05) is 5.32 Å². The molecule has 2 saturated carbocycles. The van der Waals surface area contributed by atoms with Crippen molar-refractivity contribution in [2.45, 2.75) is 57.3 Å². The Hall–Kier alpha value is -1.87. The summed E-state index contributed by atoms with van der Waals surface area (Å²) in [6, 6.07) is 2.55. The molecule has 0 amide bonds. The van der Waals surface area contributed by atoms with Gasteiger partial charge in [0.05, 0.1) is 12.3 Å². The average molecular weight is 288 g/mol. The van der Waals surface area contributed by atoms with Crippen molar-refractivity contribution < 1.29 is 9.84 Å². The van der Waals surface area contributed by atoms with Crippen LogP contribution in [0.3, 0.4) is 0 Å². The summed E-state index contributed by atoms with van der Waals surface area (Å²) in [6.07, 6.45) is 6.11. The number of anilines is 1. The third-order valence-corrected chi connectivity index (χ3v) is 4.18. The summed E-state index contributed by atoms with van der Waals surface area (Å²) in [6.45, 7) is 2.06. The molecule has 112 valence electrons. The zero-order valence-corrected chi connectivity index (χ0v) is 12.1. The van der Waals surface area contributed by atoms with Crippen LogP contribution < -0.4 is 10.1 Å². The molecule has 0 radical (unpaired) electrons. The molecule has 2 N–H and O–H groups in total. The van der Waals surface area contributed by atoms with Gasteiger partial charge in [0.1, 0.15) is 17.7 Å². The van der Waals surface area contributed by atoms with Gasteiger partial charge in [-0.2, -0.15) is 10.2 Å². The first-order chi connectivity index (χ1) is 10.2. The summed E-state index contributed by atoms with van der Waals surface area (Å²) in [5, 5.41) is 22.4. The molecule has 2 aliphatic carbocycles. The summed E-state index contributed by atoms with van der Waals surface area (Å²) in [7, 11) is 0. The van der Waals surface area contributed by atoms with Crippen molar-refractivity contribution in [3.05, 3.63) is 11.8 Å². The van der Waals surface area contributed by atoms with Gasteiger partial charge in [-0.25, -0.2) is 4.98 Å². The fourth-order valence-electron chi connectivity index (χ4n) is 2.57. The topological polar surface area (TPSA) is 91.1 Å². The second-order valence-electron chi connectivity index (χ2n) is 6.04. The molecule has 0 spiro atoms. The van der Waals surface area contributed by atoms with Gasteiger partial charge in [-0.05, 0) is 38.0 Å². The average Bonchev–Trinajstić information content (AvgIpc) is 3.27.